The van der Waals surface area contributed by atoms with Gasteiger partial charge in [-0.3, -0.25) is 4.79 Å². The number of anilines is 1. The van der Waals surface area contributed by atoms with Crippen molar-refractivity contribution in [2.24, 2.45) is 0 Å². The van der Waals surface area contributed by atoms with Crippen molar-refractivity contribution < 1.29 is 4.79 Å². The molecule has 0 bridgehead atoms. The lowest BCUT2D eigenvalue weighted by Crippen LogP contribution is -2.38. The molecule has 0 saturated carbocycles. The maximum atomic E-state index is 12.3. The monoisotopic (exact) mass is 286 g/mol. The number of amides is 1. The van der Waals surface area contributed by atoms with Gasteiger partial charge in [0.2, 0.25) is 0 Å². The van der Waals surface area contributed by atoms with Crippen LogP contribution in [-0.2, 0) is 0 Å². The van der Waals surface area contributed by atoms with Gasteiger partial charge in [-0.15, -0.1) is 0 Å². The lowest BCUT2D eigenvalue weighted by Gasteiger charge is -2.27. The Morgan fingerprint density at radius 1 is 1.50 bits per heavy atom. The van der Waals surface area contributed by atoms with E-state index in [9.17, 15) is 4.79 Å². The molecule has 0 aromatic heterocycles. The van der Waals surface area contributed by atoms with Gasteiger partial charge >= 0.3 is 0 Å². The van der Waals surface area contributed by atoms with Crippen LogP contribution in [0.1, 0.15) is 23.7 Å². The normalized spacial score (nSPS) is 12.2. The van der Waals surface area contributed by atoms with Crippen LogP contribution in [0.25, 0.3) is 0 Å². The second-order valence-corrected chi connectivity index (χ2v) is 5.55. The first-order valence-corrected chi connectivity index (χ1v) is 7.59. The molecule has 1 aromatic rings. The van der Waals surface area contributed by atoms with Crippen LogP contribution < -0.4 is 5.73 Å². The Morgan fingerprint density at radius 3 is 2.67 bits per heavy atom. The summed E-state index contributed by atoms with van der Waals surface area (Å²) in [5.74, 6) is 0.888. The predicted octanol–water partition coefficient (Wildman–Crippen LogP) is 3.14. The number of hydrogen-bond donors (Lipinski definition) is 1. The molecule has 0 radical (unpaired) electrons. The second kappa shape index (κ2) is 6.90. The SMILES string of the molecule is CCC(CSC)N(C)C(=O)c1cc(N)cc(Cl)c1. The summed E-state index contributed by atoms with van der Waals surface area (Å²) < 4.78 is 0. The molecule has 1 rings (SSSR count). The smallest absolute Gasteiger partial charge is 0.253 e. The second-order valence-electron chi connectivity index (χ2n) is 4.21. The minimum absolute atomic E-state index is 0.0369. The molecule has 0 fully saturated rings. The summed E-state index contributed by atoms with van der Waals surface area (Å²) >= 11 is 7.66. The number of hydrogen-bond acceptors (Lipinski definition) is 3. The van der Waals surface area contributed by atoms with E-state index >= 15 is 0 Å². The lowest BCUT2D eigenvalue weighted by molar-refractivity contribution is 0.0743. The zero-order valence-corrected chi connectivity index (χ0v) is 12.5. The number of carbonyl (C=O) groups is 1. The van der Waals surface area contributed by atoms with Crippen molar-refractivity contribution in [1.82, 2.24) is 4.90 Å². The molecule has 0 heterocycles. The number of benzene rings is 1. The minimum Gasteiger partial charge on any atom is -0.399 e. The van der Waals surface area contributed by atoms with Crippen LogP contribution in [-0.4, -0.2) is 35.9 Å². The van der Waals surface area contributed by atoms with E-state index in [0.29, 0.717) is 16.3 Å². The van der Waals surface area contributed by atoms with Gasteiger partial charge in [0.25, 0.3) is 5.91 Å². The molecule has 1 unspecified atom stereocenters. The molecule has 1 amide bonds. The first kappa shape index (κ1) is 15.2. The van der Waals surface area contributed by atoms with Crippen LogP contribution in [0.5, 0.6) is 0 Å². The van der Waals surface area contributed by atoms with Crippen molar-refractivity contribution in [1.29, 1.82) is 0 Å². The maximum absolute atomic E-state index is 12.3. The standard InChI is InChI=1S/C13H19ClN2OS/c1-4-12(8-18-3)16(2)13(17)9-5-10(14)7-11(15)6-9/h5-7,12H,4,8,15H2,1-3H3. The first-order chi connectivity index (χ1) is 8.49. The number of nitrogen functional groups attached to an aromatic ring is 1. The average molecular weight is 287 g/mol. The van der Waals surface area contributed by atoms with E-state index in [1.54, 1.807) is 34.9 Å². The predicted molar refractivity (Wildman–Crippen MR) is 80.4 cm³/mol. The Labute approximate surface area is 118 Å². The third-order valence-corrected chi connectivity index (χ3v) is 3.80. The zero-order valence-electron chi connectivity index (χ0n) is 10.9. The van der Waals surface area contributed by atoms with Gasteiger partial charge < -0.3 is 10.6 Å². The van der Waals surface area contributed by atoms with Crippen LogP contribution in [0.4, 0.5) is 5.69 Å². The average Bonchev–Trinajstić information content (AvgIpc) is 2.33. The molecular weight excluding hydrogens is 268 g/mol. The van der Waals surface area contributed by atoms with E-state index in [1.165, 1.54) is 0 Å². The van der Waals surface area contributed by atoms with Crippen LogP contribution >= 0.6 is 23.4 Å². The fourth-order valence-electron chi connectivity index (χ4n) is 1.80. The summed E-state index contributed by atoms with van der Waals surface area (Å²) in [7, 11) is 1.82. The summed E-state index contributed by atoms with van der Waals surface area (Å²) in [4.78, 5) is 14.1. The number of nitrogens with two attached hydrogens (primary N) is 1. The van der Waals surface area contributed by atoms with Gasteiger partial charge in [0, 0.05) is 35.1 Å². The molecule has 0 aliphatic rings. The molecule has 0 spiro atoms. The van der Waals surface area contributed by atoms with E-state index in [1.807, 2.05) is 13.3 Å². The summed E-state index contributed by atoms with van der Waals surface area (Å²) in [6.45, 7) is 2.08. The Kier molecular flexibility index (Phi) is 5.82. The summed E-state index contributed by atoms with van der Waals surface area (Å²) in [6, 6.07) is 5.18. The van der Waals surface area contributed by atoms with Crippen molar-refractivity contribution in [3.63, 3.8) is 0 Å². The highest BCUT2D eigenvalue weighted by Gasteiger charge is 2.19. The van der Waals surface area contributed by atoms with E-state index < -0.39 is 0 Å². The number of carbonyl (C=O) groups excluding carboxylic acids is 1. The molecule has 0 aliphatic heterocycles. The highest BCUT2D eigenvalue weighted by molar-refractivity contribution is 7.98. The Morgan fingerprint density at radius 2 is 2.17 bits per heavy atom. The molecule has 0 saturated heterocycles. The fraction of sp³-hybridized carbons (Fsp3) is 0.462. The quantitative estimate of drug-likeness (QED) is 0.846. The number of nitrogens with zero attached hydrogens (tertiary/aromatic N) is 1. The van der Waals surface area contributed by atoms with Gasteiger partial charge in [0.05, 0.1) is 0 Å². The van der Waals surface area contributed by atoms with E-state index in [-0.39, 0.29) is 11.9 Å². The molecular formula is C13H19ClN2OS. The largest absolute Gasteiger partial charge is 0.399 e. The van der Waals surface area contributed by atoms with Gasteiger partial charge in [-0.1, -0.05) is 18.5 Å². The van der Waals surface area contributed by atoms with Gasteiger partial charge in [0.15, 0.2) is 0 Å². The fourth-order valence-corrected chi connectivity index (χ4v) is 2.89. The van der Waals surface area contributed by atoms with Crippen molar-refractivity contribution in [3.05, 3.63) is 28.8 Å². The molecule has 0 aliphatic carbocycles. The van der Waals surface area contributed by atoms with Gasteiger partial charge in [0.1, 0.15) is 0 Å². The van der Waals surface area contributed by atoms with Crippen molar-refractivity contribution in [3.8, 4) is 0 Å². The van der Waals surface area contributed by atoms with Crippen LogP contribution in [0.15, 0.2) is 18.2 Å². The number of thioether (sulfide) groups is 1. The van der Waals surface area contributed by atoms with Crippen molar-refractivity contribution >= 4 is 35.0 Å². The molecule has 5 heteroatoms. The molecule has 3 nitrogen and oxygen atoms in total. The maximum Gasteiger partial charge on any atom is 0.253 e. The topological polar surface area (TPSA) is 46.3 Å². The first-order valence-electron chi connectivity index (χ1n) is 5.81. The van der Waals surface area contributed by atoms with E-state index in [0.717, 1.165) is 12.2 Å². The van der Waals surface area contributed by atoms with Crippen LogP contribution in [0.2, 0.25) is 5.02 Å². The third-order valence-electron chi connectivity index (χ3n) is 2.87. The molecule has 1 aromatic carbocycles. The number of rotatable bonds is 5. The van der Waals surface area contributed by atoms with E-state index in [4.69, 9.17) is 17.3 Å². The highest BCUT2D eigenvalue weighted by atomic mass is 35.5. The van der Waals surface area contributed by atoms with Crippen molar-refractivity contribution in [2.75, 3.05) is 24.8 Å². The van der Waals surface area contributed by atoms with Gasteiger partial charge in [-0.05, 0) is 30.9 Å². The van der Waals surface area contributed by atoms with E-state index in [2.05, 4.69) is 6.92 Å². The Bertz CT molecular complexity index is 405. The van der Waals surface area contributed by atoms with Gasteiger partial charge in [-0.2, -0.15) is 11.8 Å². The minimum atomic E-state index is -0.0369. The Hall–Kier alpha value is -0.870. The number of halogens is 1. The molecule has 18 heavy (non-hydrogen) atoms. The third kappa shape index (κ3) is 3.82. The lowest BCUT2D eigenvalue weighted by atomic mass is 10.1. The Balaban J connectivity index is 2.91. The molecule has 1 atom stereocenters. The molecule has 100 valence electrons. The summed E-state index contributed by atoms with van der Waals surface area (Å²) in [6.07, 6.45) is 2.97. The summed E-state index contributed by atoms with van der Waals surface area (Å²) in [5.41, 5.74) is 6.76. The summed E-state index contributed by atoms with van der Waals surface area (Å²) in [5, 5.41) is 0.490. The van der Waals surface area contributed by atoms with Crippen LogP contribution in [0, 0.1) is 0 Å². The molecule has 2 N–H and O–H groups in total. The van der Waals surface area contributed by atoms with Crippen molar-refractivity contribution in [2.45, 2.75) is 19.4 Å². The van der Waals surface area contributed by atoms with Crippen LogP contribution in [0.3, 0.4) is 0 Å². The highest BCUT2D eigenvalue weighted by Crippen LogP contribution is 2.19. The zero-order chi connectivity index (χ0) is 13.7. The van der Waals surface area contributed by atoms with Gasteiger partial charge in [-0.25, -0.2) is 0 Å².